The summed E-state index contributed by atoms with van der Waals surface area (Å²) in [6.07, 6.45) is 1.72. The Morgan fingerprint density at radius 2 is 1.91 bits per heavy atom. The van der Waals surface area contributed by atoms with Crippen molar-refractivity contribution in [3.8, 4) is 5.75 Å². The number of hydrogen-bond acceptors (Lipinski definition) is 6. The number of sulfonamides is 1. The summed E-state index contributed by atoms with van der Waals surface area (Å²) in [4.78, 5) is 38.4. The van der Waals surface area contributed by atoms with Crippen LogP contribution in [0.3, 0.4) is 0 Å². The Kier molecular flexibility index (Phi) is 6.80. The first-order valence-electron chi connectivity index (χ1n) is 10.8. The SMILES string of the molecule is CCOc1ccc(NC(=O)CN2C(=O)N[C@](C)(C3CC3)C2=O)cc1S(=O)(=O)N(CC)CC. The van der Waals surface area contributed by atoms with Crippen LogP contribution in [-0.2, 0) is 19.6 Å². The first-order valence-corrected chi connectivity index (χ1v) is 12.2. The van der Waals surface area contributed by atoms with E-state index in [0.717, 1.165) is 17.7 Å². The lowest BCUT2D eigenvalue weighted by Crippen LogP contribution is -2.46. The summed E-state index contributed by atoms with van der Waals surface area (Å²) in [7, 11) is -3.84. The second kappa shape index (κ2) is 9.07. The molecule has 2 N–H and O–H groups in total. The normalized spacial score (nSPS) is 21.1. The fourth-order valence-corrected chi connectivity index (χ4v) is 5.52. The Labute approximate surface area is 188 Å². The van der Waals surface area contributed by atoms with Crippen molar-refractivity contribution in [3.05, 3.63) is 18.2 Å². The molecule has 1 aliphatic carbocycles. The van der Waals surface area contributed by atoms with E-state index in [4.69, 9.17) is 4.74 Å². The van der Waals surface area contributed by atoms with E-state index in [0.29, 0.717) is 0 Å². The number of urea groups is 1. The van der Waals surface area contributed by atoms with Crippen LogP contribution in [0.5, 0.6) is 5.75 Å². The van der Waals surface area contributed by atoms with E-state index >= 15 is 0 Å². The number of nitrogens with one attached hydrogen (secondary N) is 2. The van der Waals surface area contributed by atoms with Gasteiger partial charge in [0.1, 0.15) is 22.7 Å². The van der Waals surface area contributed by atoms with Crippen molar-refractivity contribution in [1.29, 1.82) is 0 Å². The Bertz CT molecular complexity index is 1020. The van der Waals surface area contributed by atoms with Crippen molar-refractivity contribution < 1.29 is 27.5 Å². The molecular weight excluding hydrogens is 436 g/mol. The monoisotopic (exact) mass is 466 g/mol. The van der Waals surface area contributed by atoms with Gasteiger partial charge in [-0.05, 0) is 50.8 Å². The fourth-order valence-electron chi connectivity index (χ4n) is 3.91. The average Bonchev–Trinajstić information content (AvgIpc) is 3.56. The number of imide groups is 1. The van der Waals surface area contributed by atoms with Gasteiger partial charge in [-0.3, -0.25) is 14.5 Å². The molecule has 0 bridgehead atoms. The molecule has 0 aromatic heterocycles. The van der Waals surface area contributed by atoms with Crippen LogP contribution in [0.15, 0.2) is 23.1 Å². The first kappa shape index (κ1) is 24.0. The van der Waals surface area contributed by atoms with Crippen molar-refractivity contribution in [2.75, 3.05) is 31.6 Å². The molecule has 1 saturated carbocycles. The number of carbonyl (C=O) groups is 3. The standard InChI is InChI=1S/C21H30N4O6S/c1-5-24(6-2)32(29,30)17-12-15(10-11-16(17)31-7-3)22-18(26)13-25-19(27)21(4,14-8-9-14)23-20(25)28/h10-12,14H,5-9,13H2,1-4H3,(H,22,26)(H,23,28)/t21-/m1/s1. The third kappa shape index (κ3) is 4.44. The molecule has 0 spiro atoms. The molecule has 1 aromatic carbocycles. The van der Waals surface area contributed by atoms with Gasteiger partial charge in [-0.2, -0.15) is 4.31 Å². The van der Waals surface area contributed by atoms with Gasteiger partial charge in [0.25, 0.3) is 5.91 Å². The number of nitrogens with zero attached hydrogens (tertiary/aromatic N) is 2. The second-order valence-corrected chi connectivity index (χ2v) is 9.94. The number of ether oxygens (including phenoxy) is 1. The number of rotatable bonds is 10. The Morgan fingerprint density at radius 3 is 2.47 bits per heavy atom. The maximum Gasteiger partial charge on any atom is 0.325 e. The molecule has 1 aromatic rings. The number of hydrogen-bond donors (Lipinski definition) is 2. The van der Waals surface area contributed by atoms with Gasteiger partial charge in [0, 0.05) is 18.8 Å². The van der Waals surface area contributed by atoms with Gasteiger partial charge < -0.3 is 15.4 Å². The third-order valence-electron chi connectivity index (χ3n) is 5.85. The summed E-state index contributed by atoms with van der Waals surface area (Å²) < 4.78 is 32.9. The molecule has 1 heterocycles. The summed E-state index contributed by atoms with van der Waals surface area (Å²) in [5.74, 6) is -0.752. The fraction of sp³-hybridized carbons (Fsp3) is 0.571. The van der Waals surface area contributed by atoms with E-state index in [9.17, 15) is 22.8 Å². The van der Waals surface area contributed by atoms with E-state index in [1.807, 2.05) is 0 Å². The van der Waals surface area contributed by atoms with Crippen LogP contribution in [0.1, 0.15) is 40.5 Å². The second-order valence-electron chi connectivity index (χ2n) is 8.03. The molecule has 1 atom stereocenters. The smallest absolute Gasteiger partial charge is 0.325 e. The Balaban J connectivity index is 1.79. The van der Waals surface area contributed by atoms with Crippen molar-refractivity contribution in [1.82, 2.24) is 14.5 Å². The molecule has 10 nitrogen and oxygen atoms in total. The minimum atomic E-state index is -3.84. The van der Waals surface area contributed by atoms with E-state index < -0.39 is 40.0 Å². The molecule has 0 unspecified atom stereocenters. The average molecular weight is 467 g/mol. The molecule has 1 saturated heterocycles. The van der Waals surface area contributed by atoms with Crippen LogP contribution < -0.4 is 15.4 Å². The van der Waals surface area contributed by atoms with Gasteiger partial charge in [-0.25, -0.2) is 13.2 Å². The van der Waals surface area contributed by atoms with Crippen LogP contribution >= 0.6 is 0 Å². The van der Waals surface area contributed by atoms with Crippen molar-refractivity contribution in [2.24, 2.45) is 5.92 Å². The van der Waals surface area contributed by atoms with E-state index in [-0.39, 0.29) is 41.9 Å². The molecule has 176 valence electrons. The highest BCUT2D eigenvalue weighted by atomic mass is 32.2. The molecule has 2 aliphatic rings. The van der Waals surface area contributed by atoms with E-state index in [1.54, 1.807) is 27.7 Å². The molecule has 0 radical (unpaired) electrons. The lowest BCUT2D eigenvalue weighted by atomic mass is 9.96. The summed E-state index contributed by atoms with van der Waals surface area (Å²) >= 11 is 0. The first-order chi connectivity index (χ1) is 15.1. The summed E-state index contributed by atoms with van der Waals surface area (Å²) in [6.45, 7) is 7.29. The summed E-state index contributed by atoms with van der Waals surface area (Å²) in [6, 6.07) is 3.73. The molecule has 11 heteroatoms. The lowest BCUT2D eigenvalue weighted by Gasteiger charge is -2.21. The zero-order chi connectivity index (χ0) is 23.7. The van der Waals surface area contributed by atoms with Crippen molar-refractivity contribution >= 4 is 33.6 Å². The van der Waals surface area contributed by atoms with Gasteiger partial charge in [-0.1, -0.05) is 13.8 Å². The predicted octanol–water partition coefficient (Wildman–Crippen LogP) is 1.77. The zero-order valence-electron chi connectivity index (χ0n) is 18.8. The molecule has 4 amide bonds. The lowest BCUT2D eigenvalue weighted by molar-refractivity contribution is -0.134. The van der Waals surface area contributed by atoms with Gasteiger partial charge >= 0.3 is 6.03 Å². The number of amides is 4. The maximum absolute atomic E-state index is 13.1. The van der Waals surface area contributed by atoms with Crippen LogP contribution in [0.25, 0.3) is 0 Å². The minimum Gasteiger partial charge on any atom is -0.492 e. The van der Waals surface area contributed by atoms with Crippen LogP contribution in [-0.4, -0.2) is 67.2 Å². The highest BCUT2D eigenvalue weighted by Crippen LogP contribution is 2.42. The molecule has 32 heavy (non-hydrogen) atoms. The highest BCUT2D eigenvalue weighted by molar-refractivity contribution is 7.89. The van der Waals surface area contributed by atoms with Gasteiger partial charge in [-0.15, -0.1) is 0 Å². The van der Waals surface area contributed by atoms with Crippen LogP contribution in [0, 0.1) is 5.92 Å². The Hall–Kier alpha value is -2.66. The molecule has 2 fully saturated rings. The quantitative estimate of drug-likeness (QED) is 0.507. The number of benzene rings is 1. The van der Waals surface area contributed by atoms with E-state index in [1.165, 1.54) is 22.5 Å². The Morgan fingerprint density at radius 1 is 1.25 bits per heavy atom. The summed E-state index contributed by atoms with van der Waals surface area (Å²) in [5, 5.41) is 5.28. The van der Waals surface area contributed by atoms with Gasteiger partial charge in [0.2, 0.25) is 15.9 Å². The number of anilines is 1. The van der Waals surface area contributed by atoms with Gasteiger partial charge in [0.15, 0.2) is 0 Å². The minimum absolute atomic E-state index is 0.0582. The predicted molar refractivity (Wildman–Crippen MR) is 118 cm³/mol. The summed E-state index contributed by atoms with van der Waals surface area (Å²) in [5.41, 5.74) is -0.747. The molecule has 1 aliphatic heterocycles. The van der Waals surface area contributed by atoms with Gasteiger partial charge in [0.05, 0.1) is 6.61 Å². The van der Waals surface area contributed by atoms with Crippen molar-refractivity contribution in [3.63, 3.8) is 0 Å². The van der Waals surface area contributed by atoms with Crippen molar-refractivity contribution in [2.45, 2.75) is 51.0 Å². The zero-order valence-corrected chi connectivity index (χ0v) is 19.6. The van der Waals surface area contributed by atoms with Crippen LogP contribution in [0.2, 0.25) is 0 Å². The maximum atomic E-state index is 13.1. The highest BCUT2D eigenvalue weighted by Gasteiger charge is 2.56. The molecule has 3 rings (SSSR count). The topological polar surface area (TPSA) is 125 Å². The van der Waals surface area contributed by atoms with E-state index in [2.05, 4.69) is 10.6 Å². The third-order valence-corrected chi connectivity index (χ3v) is 7.92. The largest absolute Gasteiger partial charge is 0.492 e. The van der Waals surface area contributed by atoms with Crippen LogP contribution in [0.4, 0.5) is 10.5 Å². The molecular formula is C21H30N4O6S. The number of carbonyl (C=O) groups excluding carboxylic acids is 3.